The van der Waals surface area contributed by atoms with E-state index in [0.717, 1.165) is 17.7 Å². The maximum Gasteiger partial charge on any atom is 0.219 e. The van der Waals surface area contributed by atoms with Crippen molar-refractivity contribution in [3.05, 3.63) is 47.9 Å². The summed E-state index contributed by atoms with van der Waals surface area (Å²) < 4.78 is 5.63. The Kier molecular flexibility index (Phi) is 3.67. The van der Waals surface area contributed by atoms with Gasteiger partial charge in [-0.1, -0.05) is 6.92 Å². The molecule has 0 spiro atoms. The highest BCUT2D eigenvalue weighted by Crippen LogP contribution is 2.20. The molecule has 17 heavy (non-hydrogen) atoms. The van der Waals surface area contributed by atoms with Gasteiger partial charge in [-0.05, 0) is 30.2 Å². The van der Waals surface area contributed by atoms with Crippen LogP contribution in [0.1, 0.15) is 18.2 Å². The minimum absolute atomic E-state index is 0.485. The molecule has 0 aliphatic carbocycles. The smallest absolute Gasteiger partial charge is 0.219 e. The fourth-order valence-electron chi connectivity index (χ4n) is 1.50. The maximum absolute atomic E-state index is 5.64. The molecule has 0 saturated heterocycles. The zero-order valence-corrected chi connectivity index (χ0v) is 9.76. The Balaban J connectivity index is 2.26. The number of aromatic nitrogens is 2. The van der Waals surface area contributed by atoms with Crippen LogP contribution in [-0.4, -0.2) is 9.97 Å². The standard InChI is InChI=1S/C13H15N3O/c1-2-11-6-10(8-14)7-13(16-11)17-12-4-3-5-15-9-12/h3-7,9H,2,8,14H2,1H3. The van der Waals surface area contributed by atoms with E-state index in [1.54, 1.807) is 12.4 Å². The minimum Gasteiger partial charge on any atom is -0.437 e. The van der Waals surface area contributed by atoms with Crippen molar-refractivity contribution in [2.75, 3.05) is 0 Å². The summed E-state index contributed by atoms with van der Waals surface area (Å²) >= 11 is 0. The average Bonchev–Trinajstić information content (AvgIpc) is 2.39. The Labute approximate surface area is 100 Å². The second-order valence-electron chi connectivity index (χ2n) is 3.65. The molecule has 0 aliphatic rings. The Morgan fingerprint density at radius 3 is 2.88 bits per heavy atom. The van der Waals surface area contributed by atoms with Crippen LogP contribution >= 0.6 is 0 Å². The summed E-state index contributed by atoms with van der Waals surface area (Å²) in [4.78, 5) is 8.38. The predicted molar refractivity (Wildman–Crippen MR) is 65.8 cm³/mol. The van der Waals surface area contributed by atoms with Gasteiger partial charge in [0.15, 0.2) is 0 Å². The van der Waals surface area contributed by atoms with Crippen LogP contribution in [0.5, 0.6) is 11.6 Å². The number of aryl methyl sites for hydroxylation is 1. The molecule has 4 heteroatoms. The third-order valence-electron chi connectivity index (χ3n) is 2.37. The van der Waals surface area contributed by atoms with Gasteiger partial charge < -0.3 is 10.5 Å². The van der Waals surface area contributed by atoms with E-state index in [2.05, 4.69) is 16.9 Å². The summed E-state index contributed by atoms with van der Waals surface area (Å²) in [5, 5.41) is 0. The number of pyridine rings is 2. The van der Waals surface area contributed by atoms with Crippen LogP contribution in [0.3, 0.4) is 0 Å². The Morgan fingerprint density at radius 1 is 1.35 bits per heavy atom. The van der Waals surface area contributed by atoms with Gasteiger partial charge in [-0.3, -0.25) is 4.98 Å². The van der Waals surface area contributed by atoms with Gasteiger partial charge in [-0.15, -0.1) is 0 Å². The van der Waals surface area contributed by atoms with Gasteiger partial charge >= 0.3 is 0 Å². The van der Waals surface area contributed by atoms with Crippen molar-refractivity contribution in [1.29, 1.82) is 0 Å². The largest absolute Gasteiger partial charge is 0.437 e. The van der Waals surface area contributed by atoms with Crippen LogP contribution in [0.15, 0.2) is 36.7 Å². The van der Waals surface area contributed by atoms with E-state index >= 15 is 0 Å². The van der Waals surface area contributed by atoms with Gasteiger partial charge in [0.2, 0.25) is 5.88 Å². The summed E-state index contributed by atoms with van der Waals surface area (Å²) in [6.45, 7) is 2.54. The van der Waals surface area contributed by atoms with Crippen molar-refractivity contribution in [2.45, 2.75) is 19.9 Å². The third kappa shape index (κ3) is 3.01. The number of hydrogen-bond acceptors (Lipinski definition) is 4. The first-order valence-corrected chi connectivity index (χ1v) is 5.59. The van der Waals surface area contributed by atoms with E-state index in [1.165, 1.54) is 0 Å². The van der Waals surface area contributed by atoms with E-state index in [1.807, 2.05) is 24.3 Å². The van der Waals surface area contributed by atoms with Gasteiger partial charge in [-0.25, -0.2) is 4.98 Å². The first-order valence-electron chi connectivity index (χ1n) is 5.59. The highest BCUT2D eigenvalue weighted by molar-refractivity contribution is 5.29. The number of nitrogens with two attached hydrogens (primary N) is 1. The zero-order valence-electron chi connectivity index (χ0n) is 9.76. The molecule has 2 N–H and O–H groups in total. The van der Waals surface area contributed by atoms with Crippen LogP contribution in [-0.2, 0) is 13.0 Å². The first kappa shape index (κ1) is 11.5. The monoisotopic (exact) mass is 229 g/mol. The lowest BCUT2D eigenvalue weighted by atomic mass is 10.2. The quantitative estimate of drug-likeness (QED) is 0.873. The lowest BCUT2D eigenvalue weighted by molar-refractivity contribution is 0.458. The van der Waals surface area contributed by atoms with Crippen LogP contribution in [0, 0.1) is 0 Å². The molecule has 2 rings (SSSR count). The number of ether oxygens (including phenoxy) is 1. The van der Waals surface area contributed by atoms with Crippen LogP contribution in [0.4, 0.5) is 0 Å². The SMILES string of the molecule is CCc1cc(CN)cc(Oc2cccnc2)n1. The van der Waals surface area contributed by atoms with Crippen molar-refractivity contribution in [3.63, 3.8) is 0 Å². The molecule has 0 radical (unpaired) electrons. The molecule has 2 aromatic rings. The molecule has 0 bridgehead atoms. The molecule has 4 nitrogen and oxygen atoms in total. The van der Waals surface area contributed by atoms with Gasteiger partial charge in [-0.2, -0.15) is 0 Å². The first-order chi connectivity index (χ1) is 8.31. The van der Waals surface area contributed by atoms with Gasteiger partial charge in [0.25, 0.3) is 0 Å². The van der Waals surface area contributed by atoms with Crippen molar-refractivity contribution < 1.29 is 4.74 Å². The molecule has 0 aromatic carbocycles. The predicted octanol–water partition coefficient (Wildman–Crippen LogP) is 2.29. The highest BCUT2D eigenvalue weighted by atomic mass is 16.5. The van der Waals surface area contributed by atoms with Crippen molar-refractivity contribution in [3.8, 4) is 11.6 Å². The van der Waals surface area contributed by atoms with Crippen LogP contribution < -0.4 is 10.5 Å². The van der Waals surface area contributed by atoms with Gasteiger partial charge in [0.1, 0.15) is 5.75 Å². The normalized spacial score (nSPS) is 10.2. The van der Waals surface area contributed by atoms with E-state index in [0.29, 0.717) is 18.2 Å². The highest BCUT2D eigenvalue weighted by Gasteiger charge is 2.03. The second kappa shape index (κ2) is 5.41. The van der Waals surface area contributed by atoms with Crippen molar-refractivity contribution in [1.82, 2.24) is 9.97 Å². The molecule has 2 heterocycles. The summed E-state index contributed by atoms with van der Waals surface area (Å²) in [5.74, 6) is 1.24. The van der Waals surface area contributed by atoms with Crippen molar-refractivity contribution in [2.24, 2.45) is 5.73 Å². The van der Waals surface area contributed by atoms with E-state index in [4.69, 9.17) is 10.5 Å². The van der Waals surface area contributed by atoms with E-state index < -0.39 is 0 Å². The summed E-state index contributed by atoms with van der Waals surface area (Å²) in [7, 11) is 0. The van der Waals surface area contributed by atoms with Crippen LogP contribution in [0.25, 0.3) is 0 Å². The molecule has 0 saturated carbocycles. The molecular weight excluding hydrogens is 214 g/mol. The Morgan fingerprint density at radius 2 is 2.24 bits per heavy atom. The van der Waals surface area contributed by atoms with E-state index in [-0.39, 0.29) is 0 Å². The number of hydrogen-bond donors (Lipinski definition) is 1. The van der Waals surface area contributed by atoms with Gasteiger partial charge in [0.05, 0.1) is 6.20 Å². The molecule has 0 fully saturated rings. The lowest BCUT2D eigenvalue weighted by Gasteiger charge is -2.07. The molecule has 0 atom stereocenters. The fraction of sp³-hybridized carbons (Fsp3) is 0.231. The van der Waals surface area contributed by atoms with Crippen LogP contribution in [0.2, 0.25) is 0 Å². The van der Waals surface area contributed by atoms with Gasteiger partial charge in [0, 0.05) is 24.5 Å². The topological polar surface area (TPSA) is 61.0 Å². The fourth-order valence-corrected chi connectivity index (χ4v) is 1.50. The molecule has 0 amide bonds. The zero-order chi connectivity index (χ0) is 12.1. The lowest BCUT2D eigenvalue weighted by Crippen LogP contribution is -2.00. The average molecular weight is 229 g/mol. The second-order valence-corrected chi connectivity index (χ2v) is 3.65. The Bertz CT molecular complexity index is 463. The summed E-state index contributed by atoms with van der Waals surface area (Å²) in [6.07, 6.45) is 4.22. The Hall–Kier alpha value is -1.94. The molecule has 0 unspecified atom stereocenters. The molecular formula is C13H15N3O. The minimum atomic E-state index is 0.485. The number of rotatable bonds is 4. The number of nitrogens with zero attached hydrogens (tertiary/aromatic N) is 2. The van der Waals surface area contributed by atoms with Crippen molar-refractivity contribution >= 4 is 0 Å². The molecule has 2 aromatic heterocycles. The summed E-state index contributed by atoms with van der Waals surface area (Å²) in [5.41, 5.74) is 7.64. The molecule has 88 valence electrons. The van der Waals surface area contributed by atoms with E-state index in [9.17, 15) is 0 Å². The third-order valence-corrected chi connectivity index (χ3v) is 2.37. The summed E-state index contributed by atoms with van der Waals surface area (Å²) in [6, 6.07) is 7.51. The molecule has 0 aliphatic heterocycles. The maximum atomic E-state index is 5.64.